The van der Waals surface area contributed by atoms with E-state index in [4.69, 9.17) is 11.6 Å². The molecule has 168 valence electrons. The van der Waals surface area contributed by atoms with Gasteiger partial charge in [-0.25, -0.2) is 0 Å². The van der Waals surface area contributed by atoms with E-state index in [0.717, 1.165) is 36.0 Å². The number of halogens is 1. The number of carbonyl (C=O) groups excluding carboxylic acids is 3. The number of ketones is 1. The number of piperidine rings is 1. The molecule has 31 heavy (non-hydrogen) atoms. The molecule has 2 heterocycles. The molecule has 7 heteroatoms. The first-order valence-corrected chi connectivity index (χ1v) is 11.9. The van der Waals surface area contributed by atoms with Crippen LogP contribution in [0.4, 0.5) is 5.69 Å². The van der Waals surface area contributed by atoms with E-state index < -0.39 is 0 Å². The summed E-state index contributed by atoms with van der Waals surface area (Å²) in [7, 11) is 1.90. The van der Waals surface area contributed by atoms with Crippen LogP contribution >= 0.6 is 23.4 Å². The lowest BCUT2D eigenvalue weighted by Gasteiger charge is -2.43. The zero-order valence-corrected chi connectivity index (χ0v) is 20.5. The molecular weight excluding hydrogens is 432 g/mol. The molecule has 2 aliphatic heterocycles. The van der Waals surface area contributed by atoms with Gasteiger partial charge in [0.05, 0.1) is 28.1 Å². The number of nitrogens with zero attached hydrogens (tertiary/aromatic N) is 2. The molecule has 2 unspecified atom stereocenters. The van der Waals surface area contributed by atoms with Crippen molar-refractivity contribution in [2.75, 3.05) is 25.0 Å². The highest BCUT2D eigenvalue weighted by molar-refractivity contribution is 8.18. The Hall–Kier alpha value is -1.79. The normalized spacial score (nSPS) is 23.5. The van der Waals surface area contributed by atoms with Crippen molar-refractivity contribution in [2.45, 2.75) is 53.0 Å². The van der Waals surface area contributed by atoms with E-state index in [-0.39, 0.29) is 34.7 Å². The van der Waals surface area contributed by atoms with Crippen molar-refractivity contribution in [1.82, 2.24) is 4.90 Å². The first kappa shape index (κ1) is 23.9. The number of rotatable bonds is 4. The summed E-state index contributed by atoms with van der Waals surface area (Å²) in [6.45, 7) is 9.91. The number of likely N-dealkylation sites (N-methyl/N-ethyl adjacent to an activating group) is 1. The molecule has 5 nitrogen and oxygen atoms in total. The van der Waals surface area contributed by atoms with E-state index in [0.29, 0.717) is 28.8 Å². The second-order valence-corrected chi connectivity index (χ2v) is 11.3. The van der Waals surface area contributed by atoms with Crippen molar-refractivity contribution in [2.24, 2.45) is 11.3 Å². The van der Waals surface area contributed by atoms with Crippen LogP contribution in [0.3, 0.4) is 0 Å². The largest absolute Gasteiger partial charge is 0.368 e. The molecule has 2 fully saturated rings. The monoisotopic (exact) mass is 462 g/mol. The van der Waals surface area contributed by atoms with E-state index in [1.165, 1.54) is 0 Å². The minimum absolute atomic E-state index is 0.0453. The fourth-order valence-corrected chi connectivity index (χ4v) is 5.31. The van der Waals surface area contributed by atoms with Crippen LogP contribution in [-0.4, -0.2) is 47.9 Å². The van der Waals surface area contributed by atoms with Gasteiger partial charge in [0.2, 0.25) is 11.0 Å². The number of hydrogen-bond donors (Lipinski definition) is 0. The third kappa shape index (κ3) is 5.72. The van der Waals surface area contributed by atoms with Crippen LogP contribution in [0.2, 0.25) is 5.02 Å². The Morgan fingerprint density at radius 2 is 2.03 bits per heavy atom. The molecule has 0 N–H and O–H groups in total. The minimum Gasteiger partial charge on any atom is -0.368 e. The van der Waals surface area contributed by atoms with Gasteiger partial charge in [0, 0.05) is 32.1 Å². The van der Waals surface area contributed by atoms with Crippen LogP contribution in [-0.2, 0) is 14.4 Å². The Balaban J connectivity index is 1.88. The quantitative estimate of drug-likeness (QED) is 0.464. The first-order valence-electron chi connectivity index (χ1n) is 10.7. The standard InChI is InChI=1S/C24H31ClN2O3S/c1-15-9-10-27(14-18(15)26(5)21(29)13-24(2,3)4)23-16(7-6-8-17(23)25)11-20-19(28)12-22(30)31-20/h6-8,11,15,18H,9-10,12-14H2,1-5H3/b20-11-. The van der Waals surface area contributed by atoms with E-state index in [1.807, 2.05) is 30.1 Å². The molecule has 0 saturated carbocycles. The molecule has 0 aliphatic carbocycles. The van der Waals surface area contributed by atoms with E-state index in [1.54, 1.807) is 6.08 Å². The maximum Gasteiger partial charge on any atom is 0.223 e. The molecule has 1 aromatic carbocycles. The van der Waals surface area contributed by atoms with Crippen LogP contribution in [0.15, 0.2) is 23.1 Å². The number of anilines is 1. The predicted molar refractivity (Wildman–Crippen MR) is 128 cm³/mol. The smallest absolute Gasteiger partial charge is 0.223 e. The Kier molecular flexibility index (Phi) is 7.21. The summed E-state index contributed by atoms with van der Waals surface area (Å²) in [4.78, 5) is 41.2. The molecule has 0 aromatic heterocycles. The average Bonchev–Trinajstić information content (AvgIpc) is 2.97. The third-order valence-corrected chi connectivity index (χ3v) is 7.16. The fourth-order valence-electron chi connectivity index (χ4n) is 4.19. The molecule has 2 saturated heterocycles. The van der Waals surface area contributed by atoms with Crippen LogP contribution in [0.25, 0.3) is 6.08 Å². The fraction of sp³-hybridized carbons (Fsp3) is 0.542. The van der Waals surface area contributed by atoms with Gasteiger partial charge in [-0.05, 0) is 41.7 Å². The predicted octanol–water partition coefficient (Wildman–Crippen LogP) is 5.02. The highest BCUT2D eigenvalue weighted by Gasteiger charge is 2.34. The molecule has 2 aliphatic rings. The Bertz CT molecular complexity index is 922. The SMILES string of the molecule is CC1CCN(c2c(Cl)cccc2/C=C2\SC(=O)CC2=O)CC1N(C)C(=O)CC(C)(C)C. The zero-order valence-electron chi connectivity index (χ0n) is 18.9. The number of carbonyl (C=O) groups is 3. The summed E-state index contributed by atoms with van der Waals surface area (Å²) < 4.78 is 0. The minimum atomic E-state index is -0.140. The summed E-state index contributed by atoms with van der Waals surface area (Å²) >= 11 is 7.62. The average molecular weight is 463 g/mol. The second kappa shape index (κ2) is 9.37. The Morgan fingerprint density at radius 1 is 1.32 bits per heavy atom. The number of para-hydroxylation sites is 1. The van der Waals surface area contributed by atoms with Crippen molar-refractivity contribution in [1.29, 1.82) is 0 Å². The lowest BCUT2D eigenvalue weighted by molar-refractivity contribution is -0.135. The third-order valence-electron chi connectivity index (χ3n) is 5.92. The van der Waals surface area contributed by atoms with Gasteiger partial charge in [-0.3, -0.25) is 14.4 Å². The maximum atomic E-state index is 12.9. The van der Waals surface area contributed by atoms with Crippen molar-refractivity contribution >= 4 is 51.9 Å². The van der Waals surface area contributed by atoms with Gasteiger partial charge in [0.25, 0.3) is 0 Å². The molecule has 0 bridgehead atoms. The van der Waals surface area contributed by atoms with Gasteiger partial charge in [0.15, 0.2) is 5.78 Å². The van der Waals surface area contributed by atoms with Crippen molar-refractivity contribution in [3.63, 3.8) is 0 Å². The summed E-state index contributed by atoms with van der Waals surface area (Å²) in [5, 5.41) is 0.485. The molecule has 2 atom stereocenters. The molecular formula is C24H31ClN2O3S. The van der Waals surface area contributed by atoms with Gasteiger partial charge in [-0.15, -0.1) is 0 Å². The Morgan fingerprint density at radius 3 is 2.65 bits per heavy atom. The van der Waals surface area contributed by atoms with E-state index in [2.05, 4.69) is 32.6 Å². The van der Waals surface area contributed by atoms with Gasteiger partial charge < -0.3 is 9.80 Å². The molecule has 1 amide bonds. The highest BCUT2D eigenvalue weighted by atomic mass is 35.5. The second-order valence-electron chi connectivity index (χ2n) is 9.78. The van der Waals surface area contributed by atoms with Crippen LogP contribution < -0.4 is 4.90 Å². The lowest BCUT2D eigenvalue weighted by atomic mass is 9.88. The van der Waals surface area contributed by atoms with Crippen molar-refractivity contribution in [3.8, 4) is 0 Å². The van der Waals surface area contributed by atoms with Crippen LogP contribution in [0.1, 0.15) is 52.5 Å². The van der Waals surface area contributed by atoms with Gasteiger partial charge in [-0.2, -0.15) is 0 Å². The van der Waals surface area contributed by atoms with E-state index >= 15 is 0 Å². The van der Waals surface area contributed by atoms with Crippen LogP contribution in [0, 0.1) is 11.3 Å². The summed E-state index contributed by atoms with van der Waals surface area (Å²) in [5.41, 5.74) is 1.63. The number of benzene rings is 1. The van der Waals surface area contributed by atoms with Crippen molar-refractivity contribution < 1.29 is 14.4 Å². The highest BCUT2D eigenvalue weighted by Crippen LogP contribution is 2.38. The topological polar surface area (TPSA) is 57.7 Å². The number of allylic oxidation sites excluding steroid dienone is 1. The number of amides is 1. The first-order chi connectivity index (χ1) is 14.5. The number of hydrogen-bond acceptors (Lipinski definition) is 5. The molecule has 3 rings (SSSR count). The molecule has 0 spiro atoms. The van der Waals surface area contributed by atoms with Crippen LogP contribution in [0.5, 0.6) is 0 Å². The zero-order chi connectivity index (χ0) is 22.9. The number of thioether (sulfide) groups is 1. The summed E-state index contributed by atoms with van der Waals surface area (Å²) in [6.07, 6.45) is 3.17. The van der Waals surface area contributed by atoms with E-state index in [9.17, 15) is 14.4 Å². The molecule has 1 aromatic rings. The molecule has 0 radical (unpaired) electrons. The Labute approximate surface area is 194 Å². The van der Waals surface area contributed by atoms with Gasteiger partial charge >= 0.3 is 0 Å². The number of Topliss-reactive ketones (excluding diaryl/α,β-unsaturated/α-hetero) is 1. The van der Waals surface area contributed by atoms with Gasteiger partial charge in [0.1, 0.15) is 0 Å². The summed E-state index contributed by atoms with van der Waals surface area (Å²) in [5.74, 6) is 0.386. The summed E-state index contributed by atoms with van der Waals surface area (Å²) in [6, 6.07) is 5.69. The van der Waals surface area contributed by atoms with Gasteiger partial charge in [-0.1, -0.05) is 51.4 Å². The van der Waals surface area contributed by atoms with Crippen molar-refractivity contribution in [3.05, 3.63) is 33.7 Å². The lowest BCUT2D eigenvalue weighted by Crippen LogP contribution is -2.53. The maximum absolute atomic E-state index is 12.9.